The van der Waals surface area contributed by atoms with Crippen molar-refractivity contribution in [2.75, 3.05) is 7.11 Å². The van der Waals surface area contributed by atoms with Crippen molar-refractivity contribution in [2.24, 2.45) is 0 Å². The molecule has 0 saturated carbocycles. The first-order valence-electron chi connectivity index (χ1n) is 7.27. The fourth-order valence-electron chi connectivity index (χ4n) is 2.86. The molecule has 0 aliphatic heterocycles. The van der Waals surface area contributed by atoms with Gasteiger partial charge in [-0.2, -0.15) is 0 Å². The number of rotatable bonds is 4. The number of fused-ring (bicyclic) bond motifs is 1. The molecule has 3 heterocycles. The van der Waals surface area contributed by atoms with Gasteiger partial charge in [-0.3, -0.25) is 9.59 Å². The van der Waals surface area contributed by atoms with Crippen LogP contribution in [0.5, 0.6) is 0 Å². The van der Waals surface area contributed by atoms with Gasteiger partial charge in [0, 0.05) is 13.1 Å². The van der Waals surface area contributed by atoms with Gasteiger partial charge < -0.3 is 13.6 Å². The Kier molecular flexibility index (Phi) is 3.81. The van der Waals surface area contributed by atoms with Crippen LogP contribution in [-0.4, -0.2) is 29.0 Å². The minimum absolute atomic E-state index is 0.213. The minimum Gasteiger partial charge on any atom is -0.465 e. The van der Waals surface area contributed by atoms with Crippen molar-refractivity contribution in [3.63, 3.8) is 0 Å². The summed E-state index contributed by atoms with van der Waals surface area (Å²) < 4.78 is 11.7. The molecule has 0 amide bonds. The summed E-state index contributed by atoms with van der Waals surface area (Å²) in [6.45, 7) is 2.84. The molecule has 0 bridgehead atoms. The van der Waals surface area contributed by atoms with Crippen LogP contribution in [0.4, 0.5) is 0 Å². The summed E-state index contributed by atoms with van der Waals surface area (Å²) in [6.07, 6.45) is 3.06. The van der Waals surface area contributed by atoms with E-state index in [0.717, 1.165) is 0 Å². The van der Waals surface area contributed by atoms with E-state index in [1.807, 2.05) is 0 Å². The Balaban J connectivity index is 2.46. The molecule has 0 aliphatic rings. The Morgan fingerprint density at radius 1 is 1.12 bits per heavy atom. The number of carbonyl (C=O) groups excluding carboxylic acids is 3. The quantitative estimate of drug-likeness (QED) is 0.543. The highest BCUT2D eigenvalue weighted by Crippen LogP contribution is 2.34. The molecule has 0 radical (unpaired) electrons. The summed E-state index contributed by atoms with van der Waals surface area (Å²) in [4.78, 5) is 36.3. The molecule has 0 N–H and O–H groups in total. The molecule has 24 heavy (non-hydrogen) atoms. The van der Waals surface area contributed by atoms with Crippen molar-refractivity contribution in [3.05, 3.63) is 53.5 Å². The zero-order valence-corrected chi connectivity index (χ0v) is 13.5. The van der Waals surface area contributed by atoms with E-state index in [2.05, 4.69) is 0 Å². The van der Waals surface area contributed by atoms with Crippen LogP contribution < -0.4 is 0 Å². The van der Waals surface area contributed by atoms with Gasteiger partial charge in [0.15, 0.2) is 11.6 Å². The maximum absolute atomic E-state index is 12.3. The molecule has 0 aliphatic carbocycles. The number of ether oxygens (including phenoxy) is 1. The third-order valence-electron chi connectivity index (χ3n) is 3.81. The molecule has 0 fully saturated rings. The molecule has 0 aromatic carbocycles. The molecule has 3 aromatic heterocycles. The number of carbonyl (C=O) groups is 3. The van der Waals surface area contributed by atoms with Crippen LogP contribution >= 0.6 is 0 Å². The Morgan fingerprint density at radius 3 is 2.42 bits per heavy atom. The number of ketones is 2. The van der Waals surface area contributed by atoms with Crippen LogP contribution in [0.1, 0.15) is 45.1 Å². The van der Waals surface area contributed by atoms with E-state index in [9.17, 15) is 14.4 Å². The van der Waals surface area contributed by atoms with E-state index in [1.54, 1.807) is 34.9 Å². The largest absolute Gasteiger partial charge is 0.465 e. The molecule has 3 aromatic rings. The van der Waals surface area contributed by atoms with E-state index in [0.29, 0.717) is 33.7 Å². The van der Waals surface area contributed by atoms with Crippen molar-refractivity contribution in [1.29, 1.82) is 0 Å². The number of Topliss-reactive ketones (excluding diaryl/α,β-unsaturated/α-hetero) is 2. The van der Waals surface area contributed by atoms with E-state index in [4.69, 9.17) is 9.15 Å². The normalized spacial score (nSPS) is 10.8. The fraction of sp³-hybridized carbons (Fsp3) is 0.167. The highest BCUT2D eigenvalue weighted by Gasteiger charge is 2.27. The van der Waals surface area contributed by atoms with Crippen LogP contribution in [0.3, 0.4) is 0 Å². The molecular formula is C18H15NO5. The lowest BCUT2D eigenvalue weighted by molar-refractivity contribution is 0.0600. The second kappa shape index (κ2) is 5.81. The molecule has 3 rings (SSSR count). The van der Waals surface area contributed by atoms with Gasteiger partial charge in [0.2, 0.25) is 0 Å². The first kappa shape index (κ1) is 15.7. The number of hydrogen-bond donors (Lipinski definition) is 0. The van der Waals surface area contributed by atoms with Crippen molar-refractivity contribution in [1.82, 2.24) is 4.40 Å². The summed E-state index contributed by atoms with van der Waals surface area (Å²) in [5, 5.41) is 0. The molecule has 6 heteroatoms. The SMILES string of the molecule is COC(=O)c1ccn2c(C(C)=O)c(-c3ccco3)c(C(C)=O)c2c1. The molecule has 122 valence electrons. The van der Waals surface area contributed by atoms with Gasteiger partial charge in [-0.25, -0.2) is 4.79 Å². The second-order valence-electron chi connectivity index (χ2n) is 5.35. The maximum Gasteiger partial charge on any atom is 0.337 e. The summed E-state index contributed by atoms with van der Waals surface area (Å²) in [6, 6.07) is 6.46. The Bertz CT molecular complexity index is 963. The third-order valence-corrected chi connectivity index (χ3v) is 3.81. The number of pyridine rings is 1. The predicted molar refractivity (Wildman–Crippen MR) is 86.4 cm³/mol. The fourth-order valence-corrected chi connectivity index (χ4v) is 2.86. The maximum atomic E-state index is 12.3. The van der Waals surface area contributed by atoms with Crippen LogP contribution in [-0.2, 0) is 4.74 Å². The molecular weight excluding hydrogens is 310 g/mol. The summed E-state index contributed by atoms with van der Waals surface area (Å²) >= 11 is 0. The lowest BCUT2D eigenvalue weighted by Crippen LogP contribution is -2.04. The first-order valence-corrected chi connectivity index (χ1v) is 7.27. The second-order valence-corrected chi connectivity index (χ2v) is 5.35. The van der Waals surface area contributed by atoms with Crippen molar-refractivity contribution < 1.29 is 23.5 Å². The lowest BCUT2D eigenvalue weighted by Gasteiger charge is -2.03. The number of methoxy groups -OCH3 is 1. The number of furan rings is 1. The Hall–Kier alpha value is -3.15. The monoisotopic (exact) mass is 325 g/mol. The topological polar surface area (TPSA) is 78.0 Å². The highest BCUT2D eigenvalue weighted by atomic mass is 16.5. The van der Waals surface area contributed by atoms with Crippen LogP contribution in [0, 0.1) is 0 Å². The summed E-state index contributed by atoms with van der Waals surface area (Å²) in [5.74, 6) is -0.533. The van der Waals surface area contributed by atoms with E-state index >= 15 is 0 Å². The summed E-state index contributed by atoms with van der Waals surface area (Å²) in [5.41, 5.74) is 1.86. The highest BCUT2D eigenvalue weighted by molar-refractivity contribution is 6.14. The lowest BCUT2D eigenvalue weighted by atomic mass is 10.0. The van der Waals surface area contributed by atoms with Gasteiger partial charge in [-0.1, -0.05) is 0 Å². The van der Waals surface area contributed by atoms with E-state index in [-0.39, 0.29) is 11.6 Å². The average molecular weight is 325 g/mol. The Morgan fingerprint density at radius 2 is 1.88 bits per heavy atom. The average Bonchev–Trinajstić information content (AvgIpc) is 3.18. The minimum atomic E-state index is -0.517. The van der Waals surface area contributed by atoms with Gasteiger partial charge in [0.05, 0.1) is 35.6 Å². The molecule has 0 unspecified atom stereocenters. The van der Waals surface area contributed by atoms with Crippen molar-refractivity contribution >= 4 is 23.1 Å². The van der Waals surface area contributed by atoms with Gasteiger partial charge in [-0.05, 0) is 31.2 Å². The smallest absolute Gasteiger partial charge is 0.337 e. The van der Waals surface area contributed by atoms with Crippen molar-refractivity contribution in [3.8, 4) is 11.3 Å². The standard InChI is InChI=1S/C18H15NO5/c1-10(20)15-13-9-12(18(22)23-3)6-7-19(13)17(11(2)21)16(15)14-5-4-8-24-14/h4-9H,1-3H3. The molecule has 6 nitrogen and oxygen atoms in total. The molecule has 0 spiro atoms. The van der Waals surface area contributed by atoms with Crippen molar-refractivity contribution in [2.45, 2.75) is 13.8 Å². The van der Waals surface area contributed by atoms with Crippen LogP contribution in [0.15, 0.2) is 41.1 Å². The Labute approximate surface area is 137 Å². The third kappa shape index (κ3) is 2.32. The number of esters is 1. The van der Waals surface area contributed by atoms with Gasteiger partial charge in [-0.15, -0.1) is 0 Å². The molecule has 0 atom stereocenters. The van der Waals surface area contributed by atoms with Crippen LogP contribution in [0.25, 0.3) is 16.8 Å². The van der Waals surface area contributed by atoms with Gasteiger partial charge >= 0.3 is 5.97 Å². The number of nitrogens with zero attached hydrogens (tertiary/aromatic N) is 1. The zero-order valence-electron chi connectivity index (χ0n) is 13.5. The predicted octanol–water partition coefficient (Wildman–Crippen LogP) is 3.39. The number of aromatic nitrogens is 1. The molecule has 0 saturated heterocycles. The van der Waals surface area contributed by atoms with Crippen LogP contribution in [0.2, 0.25) is 0 Å². The summed E-state index contributed by atoms with van der Waals surface area (Å²) in [7, 11) is 1.28. The van der Waals surface area contributed by atoms with Gasteiger partial charge in [0.1, 0.15) is 11.5 Å². The van der Waals surface area contributed by atoms with E-state index < -0.39 is 5.97 Å². The number of hydrogen-bond acceptors (Lipinski definition) is 5. The zero-order chi connectivity index (χ0) is 17.4. The first-order chi connectivity index (χ1) is 11.5. The van der Waals surface area contributed by atoms with E-state index in [1.165, 1.54) is 27.2 Å². The van der Waals surface area contributed by atoms with Gasteiger partial charge in [0.25, 0.3) is 0 Å².